The summed E-state index contributed by atoms with van der Waals surface area (Å²) >= 11 is 0. The number of rotatable bonds is 2. The maximum atomic E-state index is 12.6. The van der Waals surface area contributed by atoms with Gasteiger partial charge in [-0.2, -0.15) is 0 Å². The Morgan fingerprint density at radius 2 is 2.15 bits per heavy atom. The lowest BCUT2D eigenvalue weighted by atomic mass is 9.98. The highest BCUT2D eigenvalue weighted by Gasteiger charge is 2.32. The maximum Gasteiger partial charge on any atom is 0.106 e. The molecule has 0 aromatic carbocycles. The van der Waals surface area contributed by atoms with Crippen molar-refractivity contribution in [2.75, 3.05) is 19.8 Å². The Hall–Kier alpha value is -0.150. The van der Waals surface area contributed by atoms with Crippen LogP contribution in [-0.4, -0.2) is 42.3 Å². The Morgan fingerprint density at radius 1 is 1.54 bits per heavy atom. The molecule has 0 saturated carbocycles. The SMILES string of the molecule is CC(C)N1CC(CF)NC(C)(C)C1. The summed E-state index contributed by atoms with van der Waals surface area (Å²) in [6.07, 6.45) is 0. The van der Waals surface area contributed by atoms with E-state index in [1.54, 1.807) is 0 Å². The first-order valence-corrected chi connectivity index (χ1v) is 5.02. The third-order valence-corrected chi connectivity index (χ3v) is 2.56. The number of piperazine rings is 1. The van der Waals surface area contributed by atoms with Gasteiger partial charge in [0.2, 0.25) is 0 Å². The van der Waals surface area contributed by atoms with Gasteiger partial charge >= 0.3 is 0 Å². The number of halogens is 1. The zero-order chi connectivity index (χ0) is 10.1. The molecule has 0 amide bonds. The lowest BCUT2D eigenvalue weighted by Crippen LogP contribution is -2.63. The Balaban J connectivity index is 2.60. The summed E-state index contributed by atoms with van der Waals surface area (Å²) in [6.45, 7) is 10.1. The third kappa shape index (κ3) is 2.92. The fourth-order valence-electron chi connectivity index (χ4n) is 1.98. The number of nitrogens with zero attached hydrogens (tertiary/aromatic N) is 1. The van der Waals surface area contributed by atoms with Gasteiger partial charge in [-0.1, -0.05) is 0 Å². The molecule has 0 radical (unpaired) electrons. The first-order valence-electron chi connectivity index (χ1n) is 5.02. The largest absolute Gasteiger partial charge is 0.304 e. The van der Waals surface area contributed by atoms with Crippen molar-refractivity contribution >= 4 is 0 Å². The van der Waals surface area contributed by atoms with Crippen molar-refractivity contribution in [2.45, 2.75) is 45.3 Å². The third-order valence-electron chi connectivity index (χ3n) is 2.56. The Bertz CT molecular complexity index is 168. The standard InChI is InChI=1S/C10H21FN2/c1-8(2)13-6-9(5-11)12-10(3,4)7-13/h8-9,12H,5-7H2,1-4H3. The zero-order valence-electron chi connectivity index (χ0n) is 9.10. The molecule has 0 bridgehead atoms. The molecule has 1 N–H and O–H groups in total. The molecule has 0 aromatic rings. The summed E-state index contributed by atoms with van der Waals surface area (Å²) in [4.78, 5) is 2.33. The zero-order valence-corrected chi connectivity index (χ0v) is 9.10. The monoisotopic (exact) mass is 188 g/mol. The molecule has 3 heteroatoms. The van der Waals surface area contributed by atoms with Crippen molar-refractivity contribution in [3.8, 4) is 0 Å². The molecule has 1 heterocycles. The molecule has 1 unspecified atom stereocenters. The molecule has 0 aromatic heterocycles. The quantitative estimate of drug-likeness (QED) is 0.705. The van der Waals surface area contributed by atoms with Crippen LogP contribution in [0.2, 0.25) is 0 Å². The lowest BCUT2D eigenvalue weighted by molar-refractivity contribution is 0.0815. The van der Waals surface area contributed by atoms with Crippen LogP contribution in [0.1, 0.15) is 27.7 Å². The van der Waals surface area contributed by atoms with Gasteiger partial charge in [0.15, 0.2) is 0 Å². The van der Waals surface area contributed by atoms with Gasteiger partial charge in [0.05, 0.1) is 0 Å². The van der Waals surface area contributed by atoms with E-state index in [2.05, 4.69) is 37.9 Å². The molecule has 0 spiro atoms. The second-order valence-electron chi connectivity index (χ2n) is 4.90. The van der Waals surface area contributed by atoms with Crippen molar-refractivity contribution in [2.24, 2.45) is 0 Å². The van der Waals surface area contributed by atoms with E-state index in [0.29, 0.717) is 6.04 Å². The first-order chi connectivity index (χ1) is 5.94. The number of nitrogens with one attached hydrogen (secondary N) is 1. The van der Waals surface area contributed by atoms with Crippen LogP contribution in [-0.2, 0) is 0 Å². The molecule has 1 rings (SSSR count). The number of hydrogen-bond acceptors (Lipinski definition) is 2. The molecular formula is C10H21FN2. The van der Waals surface area contributed by atoms with E-state index in [-0.39, 0.29) is 18.3 Å². The molecular weight excluding hydrogens is 167 g/mol. The topological polar surface area (TPSA) is 15.3 Å². The first kappa shape index (κ1) is 10.9. The van der Waals surface area contributed by atoms with Crippen LogP contribution < -0.4 is 5.32 Å². The summed E-state index contributed by atoms with van der Waals surface area (Å²) in [5.41, 5.74) is 0.0409. The van der Waals surface area contributed by atoms with E-state index >= 15 is 0 Å². The summed E-state index contributed by atoms with van der Waals surface area (Å²) in [5.74, 6) is 0. The van der Waals surface area contributed by atoms with E-state index in [9.17, 15) is 4.39 Å². The van der Waals surface area contributed by atoms with Gasteiger partial charge in [-0.3, -0.25) is 4.90 Å². The number of hydrogen-bond donors (Lipinski definition) is 1. The molecule has 13 heavy (non-hydrogen) atoms. The molecule has 1 atom stereocenters. The Morgan fingerprint density at radius 3 is 2.62 bits per heavy atom. The predicted molar refractivity (Wildman–Crippen MR) is 53.7 cm³/mol. The van der Waals surface area contributed by atoms with Crippen molar-refractivity contribution in [1.82, 2.24) is 10.2 Å². The molecule has 1 saturated heterocycles. The minimum Gasteiger partial charge on any atom is -0.304 e. The highest BCUT2D eigenvalue weighted by Crippen LogP contribution is 2.16. The fraction of sp³-hybridized carbons (Fsp3) is 1.00. The van der Waals surface area contributed by atoms with Crippen LogP contribution in [0.4, 0.5) is 4.39 Å². The average Bonchev–Trinajstić information content (AvgIpc) is 2.01. The normalized spacial score (nSPS) is 29.5. The average molecular weight is 188 g/mol. The molecule has 78 valence electrons. The van der Waals surface area contributed by atoms with E-state index < -0.39 is 0 Å². The second kappa shape index (κ2) is 3.93. The van der Waals surface area contributed by atoms with Gasteiger partial charge in [-0.15, -0.1) is 0 Å². The molecule has 1 aliphatic heterocycles. The molecule has 2 nitrogen and oxygen atoms in total. The van der Waals surface area contributed by atoms with E-state index in [1.807, 2.05) is 0 Å². The Kier molecular flexibility index (Phi) is 3.30. The molecule has 1 fully saturated rings. The van der Waals surface area contributed by atoms with Gasteiger partial charge < -0.3 is 5.32 Å². The molecule has 0 aliphatic carbocycles. The summed E-state index contributed by atoms with van der Waals surface area (Å²) in [5, 5.41) is 3.31. The van der Waals surface area contributed by atoms with E-state index in [4.69, 9.17) is 0 Å². The highest BCUT2D eigenvalue weighted by molar-refractivity contribution is 4.93. The van der Waals surface area contributed by atoms with Crippen LogP contribution >= 0.6 is 0 Å². The minimum atomic E-state index is -0.271. The van der Waals surface area contributed by atoms with Crippen LogP contribution in [0.25, 0.3) is 0 Å². The van der Waals surface area contributed by atoms with Crippen molar-refractivity contribution in [3.63, 3.8) is 0 Å². The van der Waals surface area contributed by atoms with Crippen molar-refractivity contribution < 1.29 is 4.39 Å². The van der Waals surface area contributed by atoms with Crippen molar-refractivity contribution in [3.05, 3.63) is 0 Å². The highest BCUT2D eigenvalue weighted by atomic mass is 19.1. The van der Waals surface area contributed by atoms with Crippen LogP contribution in [0.3, 0.4) is 0 Å². The van der Waals surface area contributed by atoms with E-state index in [0.717, 1.165) is 13.1 Å². The lowest BCUT2D eigenvalue weighted by Gasteiger charge is -2.44. The van der Waals surface area contributed by atoms with Crippen LogP contribution in [0.5, 0.6) is 0 Å². The van der Waals surface area contributed by atoms with Gasteiger partial charge in [0, 0.05) is 30.7 Å². The van der Waals surface area contributed by atoms with Gasteiger partial charge in [-0.25, -0.2) is 4.39 Å². The van der Waals surface area contributed by atoms with E-state index in [1.165, 1.54) is 0 Å². The van der Waals surface area contributed by atoms with Crippen LogP contribution in [0, 0.1) is 0 Å². The minimum absolute atomic E-state index is 0.00569. The molecule has 1 aliphatic rings. The second-order valence-corrected chi connectivity index (χ2v) is 4.90. The smallest absolute Gasteiger partial charge is 0.106 e. The number of alkyl halides is 1. The van der Waals surface area contributed by atoms with Crippen LogP contribution in [0.15, 0.2) is 0 Å². The van der Waals surface area contributed by atoms with Gasteiger partial charge in [0.25, 0.3) is 0 Å². The maximum absolute atomic E-state index is 12.6. The van der Waals surface area contributed by atoms with Gasteiger partial charge in [0.1, 0.15) is 6.67 Å². The van der Waals surface area contributed by atoms with Crippen molar-refractivity contribution in [1.29, 1.82) is 0 Å². The summed E-state index contributed by atoms with van der Waals surface area (Å²) in [7, 11) is 0. The van der Waals surface area contributed by atoms with Gasteiger partial charge in [-0.05, 0) is 27.7 Å². The summed E-state index contributed by atoms with van der Waals surface area (Å²) in [6, 6.07) is 0.515. The summed E-state index contributed by atoms with van der Waals surface area (Å²) < 4.78 is 12.6. The fourth-order valence-corrected chi connectivity index (χ4v) is 1.98. The predicted octanol–water partition coefficient (Wildman–Crippen LogP) is 1.42. The Labute approximate surface area is 80.5 Å².